The van der Waals surface area contributed by atoms with Gasteiger partial charge in [-0.15, -0.1) is 0 Å². The Balaban J connectivity index is 1.37. The van der Waals surface area contributed by atoms with Gasteiger partial charge in [0.1, 0.15) is 0 Å². The minimum atomic E-state index is -0.521. The van der Waals surface area contributed by atoms with Crippen molar-refractivity contribution in [3.63, 3.8) is 0 Å². The van der Waals surface area contributed by atoms with Crippen molar-refractivity contribution in [1.29, 1.82) is 0 Å². The zero-order valence-electron chi connectivity index (χ0n) is 19.2. The Kier molecular flexibility index (Phi) is 7.12. The van der Waals surface area contributed by atoms with Gasteiger partial charge in [0.25, 0.3) is 5.56 Å². The molecule has 180 valence electrons. The molecule has 1 N–H and O–H groups in total. The van der Waals surface area contributed by atoms with Crippen molar-refractivity contribution in [2.45, 2.75) is 19.4 Å². The van der Waals surface area contributed by atoms with Gasteiger partial charge in [0.15, 0.2) is 11.5 Å². The molecule has 1 aromatic heterocycles. The summed E-state index contributed by atoms with van der Waals surface area (Å²) in [5.74, 6) is 0.837. The average molecular weight is 487 g/mol. The second-order valence-corrected chi connectivity index (χ2v) is 8.53. The third-order valence-corrected chi connectivity index (χ3v) is 6.30. The van der Waals surface area contributed by atoms with Crippen molar-refractivity contribution < 1.29 is 14.3 Å². The van der Waals surface area contributed by atoms with Crippen molar-refractivity contribution >= 4 is 34.1 Å². The molecule has 2 heterocycles. The lowest BCUT2D eigenvalue weighted by atomic mass is 10.2. The van der Waals surface area contributed by atoms with Crippen LogP contribution in [0.3, 0.4) is 0 Å². The minimum Gasteiger partial charge on any atom is -0.493 e. The molecular weight excluding hydrogens is 460 g/mol. The molecule has 0 saturated carbocycles. The highest BCUT2D eigenvalue weighted by atomic mass is 35.5. The largest absolute Gasteiger partial charge is 0.493 e. The van der Waals surface area contributed by atoms with Crippen LogP contribution in [0.4, 0.5) is 5.69 Å². The van der Waals surface area contributed by atoms with E-state index < -0.39 is 11.2 Å². The first-order chi connectivity index (χ1) is 16.4. The second kappa shape index (κ2) is 10.2. The van der Waals surface area contributed by atoms with Crippen LogP contribution in [0.15, 0.2) is 46.0 Å². The number of methoxy groups -OCH3 is 2. The number of ether oxygens (including phenoxy) is 2. The molecule has 0 spiro atoms. The van der Waals surface area contributed by atoms with Crippen LogP contribution in [-0.4, -0.2) is 60.8 Å². The van der Waals surface area contributed by atoms with Crippen LogP contribution in [0.2, 0.25) is 5.02 Å². The molecule has 34 heavy (non-hydrogen) atoms. The first-order valence-corrected chi connectivity index (χ1v) is 11.5. The van der Waals surface area contributed by atoms with Gasteiger partial charge in [-0.3, -0.25) is 14.2 Å². The van der Waals surface area contributed by atoms with Crippen molar-refractivity contribution in [2.24, 2.45) is 0 Å². The summed E-state index contributed by atoms with van der Waals surface area (Å²) in [6.07, 6.45) is 0.641. The lowest BCUT2D eigenvalue weighted by Gasteiger charge is -2.36. The van der Waals surface area contributed by atoms with Crippen molar-refractivity contribution in [1.82, 2.24) is 14.5 Å². The topological polar surface area (TPSA) is 96.9 Å². The number of rotatable bonds is 7. The quantitative estimate of drug-likeness (QED) is 0.551. The van der Waals surface area contributed by atoms with Gasteiger partial charge in [-0.2, -0.15) is 0 Å². The number of benzene rings is 2. The molecule has 1 fully saturated rings. The van der Waals surface area contributed by atoms with Crippen LogP contribution < -0.4 is 25.6 Å². The van der Waals surface area contributed by atoms with E-state index in [0.29, 0.717) is 46.9 Å². The molecule has 0 aliphatic carbocycles. The van der Waals surface area contributed by atoms with Crippen LogP contribution in [-0.2, 0) is 11.3 Å². The maximum Gasteiger partial charge on any atom is 0.328 e. The van der Waals surface area contributed by atoms with E-state index >= 15 is 0 Å². The van der Waals surface area contributed by atoms with Gasteiger partial charge < -0.3 is 24.3 Å². The summed E-state index contributed by atoms with van der Waals surface area (Å²) in [4.78, 5) is 44.9. The molecule has 0 atom stereocenters. The molecule has 1 aliphatic heterocycles. The van der Waals surface area contributed by atoms with E-state index in [2.05, 4.69) is 9.88 Å². The normalized spacial score (nSPS) is 13.9. The summed E-state index contributed by atoms with van der Waals surface area (Å²) < 4.78 is 11.6. The number of hydrogen-bond donors (Lipinski definition) is 1. The number of carbonyl (C=O) groups excluding carboxylic acids is 1. The van der Waals surface area contributed by atoms with Gasteiger partial charge in [-0.05, 0) is 30.7 Å². The van der Waals surface area contributed by atoms with Crippen LogP contribution in [0.25, 0.3) is 10.9 Å². The molecule has 3 aromatic rings. The lowest BCUT2D eigenvalue weighted by molar-refractivity contribution is -0.131. The van der Waals surface area contributed by atoms with E-state index in [4.69, 9.17) is 21.1 Å². The summed E-state index contributed by atoms with van der Waals surface area (Å²) in [6.45, 7) is 2.82. The summed E-state index contributed by atoms with van der Waals surface area (Å²) in [7, 11) is 2.96. The first-order valence-electron chi connectivity index (χ1n) is 11.1. The highest BCUT2D eigenvalue weighted by molar-refractivity contribution is 6.30. The van der Waals surface area contributed by atoms with E-state index in [1.165, 1.54) is 14.2 Å². The molecule has 1 amide bonds. The molecule has 0 unspecified atom stereocenters. The maximum atomic E-state index is 12.9. The minimum absolute atomic E-state index is 0.0161. The van der Waals surface area contributed by atoms with Gasteiger partial charge in [0.05, 0.1) is 25.1 Å². The third-order valence-electron chi connectivity index (χ3n) is 6.06. The average Bonchev–Trinajstić information content (AvgIpc) is 2.85. The Morgan fingerprint density at radius 2 is 1.74 bits per heavy atom. The second-order valence-electron chi connectivity index (χ2n) is 8.09. The number of aromatic amines is 1. The van der Waals surface area contributed by atoms with Gasteiger partial charge >= 0.3 is 5.69 Å². The fourth-order valence-electron chi connectivity index (χ4n) is 4.22. The molecule has 9 nitrogen and oxygen atoms in total. The van der Waals surface area contributed by atoms with Gasteiger partial charge in [-0.25, -0.2) is 4.79 Å². The van der Waals surface area contributed by atoms with Gasteiger partial charge in [0, 0.05) is 55.9 Å². The fraction of sp³-hybridized carbons (Fsp3) is 0.375. The van der Waals surface area contributed by atoms with Gasteiger partial charge in [0.2, 0.25) is 5.91 Å². The van der Waals surface area contributed by atoms with E-state index in [0.717, 1.165) is 23.3 Å². The zero-order valence-corrected chi connectivity index (χ0v) is 19.9. The lowest BCUT2D eigenvalue weighted by Crippen LogP contribution is -2.48. The molecule has 4 rings (SSSR count). The molecule has 1 saturated heterocycles. The first kappa shape index (κ1) is 23.7. The fourth-order valence-corrected chi connectivity index (χ4v) is 4.40. The number of H-pyrrole nitrogens is 1. The number of anilines is 1. The molecule has 0 radical (unpaired) electrons. The smallest absolute Gasteiger partial charge is 0.328 e. The number of nitrogens with one attached hydrogen (secondary N) is 1. The number of hydrogen-bond acceptors (Lipinski definition) is 6. The Hall–Kier alpha value is -3.46. The number of amides is 1. The van der Waals surface area contributed by atoms with Crippen LogP contribution in [0.5, 0.6) is 11.5 Å². The van der Waals surface area contributed by atoms with Gasteiger partial charge in [-0.1, -0.05) is 17.7 Å². The monoisotopic (exact) mass is 486 g/mol. The van der Waals surface area contributed by atoms with E-state index in [1.54, 1.807) is 12.1 Å². The van der Waals surface area contributed by atoms with Crippen molar-refractivity contribution in [3.8, 4) is 11.5 Å². The number of nitrogens with zero attached hydrogens (tertiary/aromatic N) is 3. The molecule has 1 aliphatic rings. The SMILES string of the molecule is COc1cc2[nH]c(=O)n(CCCC(=O)N3CCN(c4cccc(Cl)c4)CC3)c(=O)c2cc1OC. The van der Waals surface area contributed by atoms with Crippen LogP contribution in [0, 0.1) is 0 Å². The number of piperazine rings is 1. The Labute approximate surface area is 201 Å². The summed E-state index contributed by atoms with van der Waals surface area (Å²) >= 11 is 6.08. The molecule has 0 bridgehead atoms. The Bertz CT molecular complexity index is 1310. The van der Waals surface area contributed by atoms with E-state index in [1.807, 2.05) is 29.2 Å². The predicted molar refractivity (Wildman–Crippen MR) is 131 cm³/mol. The van der Waals surface area contributed by atoms with Crippen LogP contribution >= 0.6 is 11.6 Å². The standard InChI is InChI=1S/C24H27ClN4O5/c1-33-20-14-18-19(15-21(20)34-2)26-24(32)29(23(18)31)8-4-7-22(30)28-11-9-27(10-12-28)17-6-3-5-16(25)13-17/h3,5-6,13-15H,4,7-12H2,1-2H3,(H,26,32). The maximum absolute atomic E-state index is 12.9. The number of halogens is 1. The van der Waals surface area contributed by atoms with Crippen molar-refractivity contribution in [2.75, 3.05) is 45.3 Å². The molecule has 2 aromatic carbocycles. The predicted octanol–water partition coefficient (Wildman–Crippen LogP) is 2.49. The summed E-state index contributed by atoms with van der Waals surface area (Å²) in [5, 5.41) is 1.01. The number of aromatic nitrogens is 2. The highest BCUT2D eigenvalue weighted by Crippen LogP contribution is 2.29. The van der Waals surface area contributed by atoms with E-state index in [-0.39, 0.29) is 18.9 Å². The number of fused-ring (bicyclic) bond motifs is 1. The van der Waals surface area contributed by atoms with Crippen LogP contribution in [0.1, 0.15) is 12.8 Å². The van der Waals surface area contributed by atoms with Crippen molar-refractivity contribution in [3.05, 3.63) is 62.3 Å². The summed E-state index contributed by atoms with van der Waals surface area (Å²) in [6, 6.07) is 10.8. The molecular formula is C24H27ClN4O5. The zero-order chi connectivity index (χ0) is 24.2. The third kappa shape index (κ3) is 4.89. The Morgan fingerprint density at radius 3 is 2.41 bits per heavy atom. The molecule has 10 heteroatoms. The highest BCUT2D eigenvalue weighted by Gasteiger charge is 2.21. The Morgan fingerprint density at radius 1 is 1.03 bits per heavy atom. The number of carbonyl (C=O) groups is 1. The summed E-state index contributed by atoms with van der Waals surface area (Å²) in [5.41, 5.74) is 0.468. The van der Waals surface area contributed by atoms with E-state index in [9.17, 15) is 14.4 Å².